The Bertz CT molecular complexity index is 67.7. The zero-order valence-corrected chi connectivity index (χ0v) is 7.55. The third-order valence-corrected chi connectivity index (χ3v) is 1.47. The molecule has 0 radical (unpaired) electrons. The first-order chi connectivity index (χ1) is 4.72. The van der Waals surface area contributed by atoms with Gasteiger partial charge in [0, 0.05) is 6.61 Å². The zero-order chi connectivity index (χ0) is 7.98. The van der Waals surface area contributed by atoms with Crippen LogP contribution >= 0.6 is 0 Å². The van der Waals surface area contributed by atoms with Crippen molar-refractivity contribution in [2.75, 3.05) is 20.7 Å². The lowest BCUT2D eigenvalue weighted by molar-refractivity contribution is -0.0351. The first-order valence-electron chi connectivity index (χ1n) is 4.00. The minimum Gasteiger partial charge on any atom is -0.363 e. The van der Waals surface area contributed by atoms with Crippen LogP contribution in [0.25, 0.3) is 0 Å². The van der Waals surface area contributed by atoms with Gasteiger partial charge in [-0.15, -0.1) is 0 Å². The summed E-state index contributed by atoms with van der Waals surface area (Å²) in [6.45, 7) is 5.02. The van der Waals surface area contributed by atoms with Crippen LogP contribution in [0.5, 0.6) is 0 Å². The topological polar surface area (TPSA) is 12.5 Å². The number of hydrogen-bond acceptors (Lipinski definition) is 2. The lowest BCUT2D eigenvalue weighted by Crippen LogP contribution is -2.30. The Labute approximate surface area is 64.2 Å². The quantitative estimate of drug-likeness (QED) is 0.546. The lowest BCUT2D eigenvalue weighted by Gasteiger charge is -2.23. The minimum absolute atomic E-state index is 0.315. The molecule has 2 heteroatoms. The molecule has 2 nitrogen and oxygen atoms in total. The fraction of sp³-hybridized carbons (Fsp3) is 1.00. The Kier molecular flexibility index (Phi) is 5.64. The van der Waals surface area contributed by atoms with Crippen LogP contribution in [0.3, 0.4) is 0 Å². The fourth-order valence-corrected chi connectivity index (χ4v) is 0.930. The molecule has 0 amide bonds. The van der Waals surface area contributed by atoms with Gasteiger partial charge in [-0.05, 0) is 27.4 Å². The summed E-state index contributed by atoms with van der Waals surface area (Å²) < 4.78 is 5.47. The van der Waals surface area contributed by atoms with Crippen LogP contribution in [0.15, 0.2) is 0 Å². The number of rotatable bonds is 5. The highest BCUT2D eigenvalue weighted by molar-refractivity contribution is 4.51. The van der Waals surface area contributed by atoms with Crippen molar-refractivity contribution in [3.8, 4) is 0 Å². The molecule has 0 aromatic heterocycles. The molecule has 0 N–H and O–H groups in total. The van der Waals surface area contributed by atoms with E-state index >= 15 is 0 Å². The van der Waals surface area contributed by atoms with E-state index in [0.717, 1.165) is 13.0 Å². The molecule has 10 heavy (non-hydrogen) atoms. The van der Waals surface area contributed by atoms with Crippen molar-refractivity contribution in [2.45, 2.75) is 32.9 Å². The number of nitrogens with zero attached hydrogens (tertiary/aromatic N) is 1. The summed E-state index contributed by atoms with van der Waals surface area (Å²) in [5.74, 6) is 0. The van der Waals surface area contributed by atoms with Crippen molar-refractivity contribution in [1.29, 1.82) is 0 Å². The Morgan fingerprint density at radius 1 is 1.30 bits per heavy atom. The van der Waals surface area contributed by atoms with Gasteiger partial charge in [0.1, 0.15) is 6.23 Å². The molecule has 0 aliphatic heterocycles. The van der Waals surface area contributed by atoms with Crippen molar-refractivity contribution in [2.24, 2.45) is 0 Å². The van der Waals surface area contributed by atoms with E-state index in [1.54, 1.807) is 0 Å². The molecule has 0 bridgehead atoms. The van der Waals surface area contributed by atoms with Crippen LogP contribution in [0.4, 0.5) is 0 Å². The smallest absolute Gasteiger partial charge is 0.110 e. The van der Waals surface area contributed by atoms with Gasteiger partial charge in [0.2, 0.25) is 0 Å². The molecule has 0 aliphatic rings. The average Bonchev–Trinajstić information content (AvgIpc) is 1.87. The summed E-state index contributed by atoms with van der Waals surface area (Å²) in [4.78, 5) is 2.12. The van der Waals surface area contributed by atoms with E-state index in [4.69, 9.17) is 4.74 Å². The van der Waals surface area contributed by atoms with E-state index in [1.807, 2.05) is 6.92 Å². The highest BCUT2D eigenvalue weighted by atomic mass is 16.5. The van der Waals surface area contributed by atoms with Crippen molar-refractivity contribution in [3.63, 3.8) is 0 Å². The molecule has 0 aromatic rings. The second-order valence-electron chi connectivity index (χ2n) is 2.66. The molecular weight excluding hydrogens is 126 g/mol. The largest absolute Gasteiger partial charge is 0.363 e. The molecule has 0 aromatic carbocycles. The second-order valence-corrected chi connectivity index (χ2v) is 2.66. The Balaban J connectivity index is 3.50. The summed E-state index contributed by atoms with van der Waals surface area (Å²) in [5.41, 5.74) is 0. The first kappa shape index (κ1) is 9.92. The average molecular weight is 145 g/mol. The fourth-order valence-electron chi connectivity index (χ4n) is 0.930. The number of hydrogen-bond donors (Lipinski definition) is 0. The van der Waals surface area contributed by atoms with Crippen LogP contribution in [-0.4, -0.2) is 31.8 Å². The Morgan fingerprint density at radius 2 is 1.90 bits per heavy atom. The molecule has 1 atom stereocenters. The Morgan fingerprint density at radius 3 is 2.20 bits per heavy atom. The van der Waals surface area contributed by atoms with E-state index in [-0.39, 0.29) is 0 Å². The van der Waals surface area contributed by atoms with Crippen molar-refractivity contribution >= 4 is 0 Å². The standard InChI is InChI=1S/C8H19NO/c1-5-7-8(9(3)4)10-6-2/h8H,5-7H2,1-4H3. The highest BCUT2D eigenvalue weighted by Gasteiger charge is 2.07. The summed E-state index contributed by atoms with van der Waals surface area (Å²) in [5, 5.41) is 0. The van der Waals surface area contributed by atoms with Gasteiger partial charge in [-0.25, -0.2) is 0 Å². The van der Waals surface area contributed by atoms with Crippen molar-refractivity contribution in [1.82, 2.24) is 4.90 Å². The maximum absolute atomic E-state index is 5.47. The monoisotopic (exact) mass is 145 g/mol. The second kappa shape index (κ2) is 5.69. The highest BCUT2D eigenvalue weighted by Crippen LogP contribution is 2.03. The third kappa shape index (κ3) is 3.85. The van der Waals surface area contributed by atoms with Gasteiger partial charge in [-0.3, -0.25) is 4.90 Å². The molecule has 62 valence electrons. The molecule has 1 unspecified atom stereocenters. The molecule has 0 fully saturated rings. The van der Waals surface area contributed by atoms with Gasteiger partial charge in [0.15, 0.2) is 0 Å². The van der Waals surface area contributed by atoms with E-state index < -0.39 is 0 Å². The lowest BCUT2D eigenvalue weighted by atomic mass is 10.3. The summed E-state index contributed by atoms with van der Waals surface area (Å²) in [6, 6.07) is 0. The predicted octanol–water partition coefficient (Wildman–Crippen LogP) is 1.71. The maximum Gasteiger partial charge on any atom is 0.110 e. The van der Waals surface area contributed by atoms with E-state index in [1.165, 1.54) is 6.42 Å². The van der Waals surface area contributed by atoms with E-state index in [2.05, 4.69) is 25.9 Å². The van der Waals surface area contributed by atoms with Gasteiger partial charge in [-0.1, -0.05) is 13.3 Å². The van der Waals surface area contributed by atoms with Gasteiger partial charge in [0.05, 0.1) is 0 Å². The van der Waals surface area contributed by atoms with Crippen LogP contribution in [0.2, 0.25) is 0 Å². The van der Waals surface area contributed by atoms with Crippen molar-refractivity contribution < 1.29 is 4.74 Å². The van der Waals surface area contributed by atoms with Crippen LogP contribution in [0.1, 0.15) is 26.7 Å². The first-order valence-corrected chi connectivity index (χ1v) is 4.00. The molecule has 0 spiro atoms. The molecule has 0 rings (SSSR count). The summed E-state index contributed by atoms with van der Waals surface area (Å²) in [7, 11) is 4.10. The molecule has 0 saturated carbocycles. The van der Waals surface area contributed by atoms with Gasteiger partial charge in [-0.2, -0.15) is 0 Å². The SMILES string of the molecule is CCCC(OCC)N(C)C. The van der Waals surface area contributed by atoms with Crippen LogP contribution in [0, 0.1) is 0 Å². The van der Waals surface area contributed by atoms with E-state index in [9.17, 15) is 0 Å². The Hall–Kier alpha value is -0.0800. The maximum atomic E-state index is 5.47. The van der Waals surface area contributed by atoms with Crippen molar-refractivity contribution in [3.05, 3.63) is 0 Å². The van der Waals surface area contributed by atoms with E-state index in [0.29, 0.717) is 6.23 Å². The van der Waals surface area contributed by atoms with Gasteiger partial charge >= 0.3 is 0 Å². The minimum atomic E-state index is 0.315. The van der Waals surface area contributed by atoms with Crippen LogP contribution in [-0.2, 0) is 4.74 Å². The van der Waals surface area contributed by atoms with Gasteiger partial charge < -0.3 is 4.74 Å². The predicted molar refractivity (Wildman–Crippen MR) is 44.0 cm³/mol. The third-order valence-electron chi connectivity index (χ3n) is 1.47. The zero-order valence-electron chi connectivity index (χ0n) is 7.55. The summed E-state index contributed by atoms with van der Waals surface area (Å²) >= 11 is 0. The van der Waals surface area contributed by atoms with Crippen LogP contribution < -0.4 is 0 Å². The molecule has 0 saturated heterocycles. The summed E-state index contributed by atoms with van der Waals surface area (Å²) in [6.07, 6.45) is 2.62. The molecule has 0 heterocycles. The normalized spacial score (nSPS) is 14.1. The van der Waals surface area contributed by atoms with Gasteiger partial charge in [0.25, 0.3) is 0 Å². The molecular formula is C8H19NO. The number of ether oxygens (including phenoxy) is 1. The molecule has 0 aliphatic carbocycles.